The van der Waals surface area contributed by atoms with Crippen molar-refractivity contribution in [1.82, 2.24) is 10.3 Å². The molecule has 0 fully saturated rings. The number of likely N-dealkylation sites (N-methyl/N-ethyl adjacent to an activating group) is 1. The Morgan fingerprint density at radius 2 is 1.86 bits per heavy atom. The Morgan fingerprint density at radius 1 is 1.29 bits per heavy atom. The van der Waals surface area contributed by atoms with Gasteiger partial charge in [0.05, 0.1) is 11.1 Å². The molecule has 0 heterocycles. The minimum Gasteiger partial charge on any atom is -0.335 e. The molecule has 0 aliphatic rings. The topological polar surface area (TPSA) is 105 Å². The van der Waals surface area contributed by atoms with Crippen LogP contribution in [0.2, 0.25) is 0 Å². The molecule has 0 saturated heterocycles. The lowest BCUT2D eigenvalue weighted by Crippen LogP contribution is -2.41. The molecular weight excluding hydrogens is 276 g/mol. The molecular formula is C13H16N4O4. The van der Waals surface area contributed by atoms with Gasteiger partial charge in [-0.1, -0.05) is 0 Å². The van der Waals surface area contributed by atoms with Crippen LogP contribution in [0.5, 0.6) is 0 Å². The molecule has 1 aromatic carbocycles. The Hall–Kier alpha value is -2.77. The summed E-state index contributed by atoms with van der Waals surface area (Å²) in [6.07, 6.45) is 1.30. The van der Waals surface area contributed by atoms with E-state index in [-0.39, 0.29) is 5.69 Å². The van der Waals surface area contributed by atoms with Crippen molar-refractivity contribution in [2.75, 3.05) is 13.1 Å². The molecule has 0 aliphatic heterocycles. The van der Waals surface area contributed by atoms with Crippen molar-refractivity contribution in [3.63, 3.8) is 0 Å². The van der Waals surface area contributed by atoms with Crippen LogP contribution in [0.15, 0.2) is 29.4 Å². The molecule has 8 heteroatoms. The highest BCUT2D eigenvalue weighted by Crippen LogP contribution is 2.10. The number of carbonyl (C=O) groups excluding carboxylic acids is 2. The van der Waals surface area contributed by atoms with Crippen LogP contribution >= 0.6 is 0 Å². The van der Waals surface area contributed by atoms with Crippen LogP contribution < -0.4 is 5.43 Å². The Labute approximate surface area is 121 Å². The highest BCUT2D eigenvalue weighted by Gasteiger charge is 2.18. The van der Waals surface area contributed by atoms with Crippen LogP contribution in [0.3, 0.4) is 0 Å². The van der Waals surface area contributed by atoms with E-state index in [4.69, 9.17) is 0 Å². The molecule has 112 valence electrons. The predicted octanol–water partition coefficient (Wildman–Crippen LogP) is 0.913. The molecule has 1 N–H and O–H groups in total. The third kappa shape index (κ3) is 4.68. The molecule has 1 aromatic rings. The monoisotopic (exact) mass is 292 g/mol. The second-order valence-electron chi connectivity index (χ2n) is 4.03. The van der Waals surface area contributed by atoms with Crippen LogP contribution in [0, 0.1) is 10.1 Å². The maximum Gasteiger partial charge on any atom is 0.329 e. The lowest BCUT2D eigenvalue weighted by Gasteiger charge is -2.16. The van der Waals surface area contributed by atoms with Crippen molar-refractivity contribution in [2.45, 2.75) is 13.8 Å². The number of benzene rings is 1. The molecule has 8 nitrogen and oxygen atoms in total. The van der Waals surface area contributed by atoms with Gasteiger partial charge in [0.15, 0.2) is 0 Å². The van der Waals surface area contributed by atoms with Crippen molar-refractivity contribution in [3.8, 4) is 0 Å². The zero-order valence-electron chi connectivity index (χ0n) is 11.8. The SMILES string of the molecule is CCN(CC)C(=O)C(=O)N/N=C/c1ccc([N+](=O)[O-])cc1. The van der Waals surface area contributed by atoms with Gasteiger partial charge >= 0.3 is 11.8 Å². The first-order valence-corrected chi connectivity index (χ1v) is 6.36. The van der Waals surface area contributed by atoms with Crippen LogP contribution in [-0.2, 0) is 9.59 Å². The Kier molecular flexibility index (Phi) is 5.99. The van der Waals surface area contributed by atoms with Gasteiger partial charge in [-0.05, 0) is 31.5 Å². The van der Waals surface area contributed by atoms with Gasteiger partial charge in [0.2, 0.25) is 0 Å². The maximum atomic E-state index is 11.6. The summed E-state index contributed by atoms with van der Waals surface area (Å²) in [5, 5.41) is 14.1. The van der Waals surface area contributed by atoms with E-state index in [1.807, 2.05) is 0 Å². The first kappa shape index (κ1) is 16.3. The van der Waals surface area contributed by atoms with Crippen molar-refractivity contribution in [2.24, 2.45) is 5.10 Å². The van der Waals surface area contributed by atoms with E-state index < -0.39 is 16.7 Å². The summed E-state index contributed by atoms with van der Waals surface area (Å²) in [5.74, 6) is -1.47. The number of amides is 2. The number of hydrogen-bond donors (Lipinski definition) is 1. The zero-order valence-corrected chi connectivity index (χ0v) is 11.8. The van der Waals surface area contributed by atoms with Crippen molar-refractivity contribution in [1.29, 1.82) is 0 Å². The molecule has 0 saturated carbocycles. The lowest BCUT2D eigenvalue weighted by molar-refractivity contribution is -0.384. The number of carbonyl (C=O) groups is 2. The summed E-state index contributed by atoms with van der Waals surface area (Å²) in [6, 6.07) is 5.62. The molecule has 0 unspecified atom stereocenters. The first-order valence-electron chi connectivity index (χ1n) is 6.36. The summed E-state index contributed by atoms with van der Waals surface area (Å²) in [5.41, 5.74) is 2.65. The molecule has 2 amide bonds. The van der Waals surface area contributed by atoms with Gasteiger partial charge in [-0.25, -0.2) is 5.43 Å². The average Bonchev–Trinajstić information content (AvgIpc) is 2.48. The van der Waals surface area contributed by atoms with Crippen LogP contribution in [0.25, 0.3) is 0 Å². The summed E-state index contributed by atoms with van der Waals surface area (Å²) in [6.45, 7) is 4.42. The molecule has 0 spiro atoms. The highest BCUT2D eigenvalue weighted by atomic mass is 16.6. The molecule has 21 heavy (non-hydrogen) atoms. The van der Waals surface area contributed by atoms with E-state index in [9.17, 15) is 19.7 Å². The van der Waals surface area contributed by atoms with Crippen molar-refractivity contribution in [3.05, 3.63) is 39.9 Å². The van der Waals surface area contributed by atoms with Gasteiger partial charge in [-0.15, -0.1) is 0 Å². The van der Waals surface area contributed by atoms with Crippen molar-refractivity contribution < 1.29 is 14.5 Å². The van der Waals surface area contributed by atoms with Gasteiger partial charge in [0, 0.05) is 25.2 Å². The van der Waals surface area contributed by atoms with Gasteiger partial charge in [0.25, 0.3) is 5.69 Å². The number of rotatable bonds is 5. The standard InChI is InChI=1S/C13H16N4O4/c1-3-16(4-2)13(19)12(18)15-14-9-10-5-7-11(8-6-10)17(20)21/h5-9H,3-4H2,1-2H3,(H,15,18)/b14-9+. The van der Waals surface area contributed by atoms with Crippen LogP contribution in [0.4, 0.5) is 5.69 Å². The van der Waals surface area contributed by atoms with Gasteiger partial charge in [-0.3, -0.25) is 19.7 Å². The summed E-state index contributed by atoms with van der Waals surface area (Å²) in [7, 11) is 0. The van der Waals surface area contributed by atoms with E-state index in [1.165, 1.54) is 35.4 Å². The van der Waals surface area contributed by atoms with Gasteiger partial charge in [0.1, 0.15) is 0 Å². The second kappa shape index (κ2) is 7.73. The second-order valence-corrected chi connectivity index (χ2v) is 4.03. The van der Waals surface area contributed by atoms with Gasteiger partial charge < -0.3 is 4.90 Å². The normalized spacial score (nSPS) is 10.4. The molecule has 0 atom stereocenters. The number of hydrazone groups is 1. The number of hydrogen-bond acceptors (Lipinski definition) is 5. The maximum absolute atomic E-state index is 11.6. The fraction of sp³-hybridized carbons (Fsp3) is 0.308. The highest BCUT2D eigenvalue weighted by molar-refractivity contribution is 6.34. The Morgan fingerprint density at radius 3 is 2.33 bits per heavy atom. The number of nitrogens with zero attached hydrogens (tertiary/aromatic N) is 3. The fourth-order valence-electron chi connectivity index (χ4n) is 1.55. The summed E-state index contributed by atoms with van der Waals surface area (Å²) in [4.78, 5) is 34.5. The third-order valence-electron chi connectivity index (χ3n) is 2.73. The average molecular weight is 292 g/mol. The minimum absolute atomic E-state index is 0.0344. The molecule has 0 radical (unpaired) electrons. The number of nitro benzene ring substituents is 1. The largest absolute Gasteiger partial charge is 0.335 e. The lowest BCUT2D eigenvalue weighted by atomic mass is 10.2. The Bertz CT molecular complexity index is 550. The number of non-ortho nitro benzene ring substituents is 1. The van der Waals surface area contributed by atoms with E-state index in [0.717, 1.165) is 0 Å². The van der Waals surface area contributed by atoms with Crippen LogP contribution in [-0.4, -0.2) is 40.9 Å². The smallest absolute Gasteiger partial charge is 0.329 e. The van der Waals surface area contributed by atoms with Crippen LogP contribution in [0.1, 0.15) is 19.4 Å². The molecule has 1 rings (SSSR count). The molecule has 0 bridgehead atoms. The number of nitrogens with one attached hydrogen (secondary N) is 1. The van der Waals surface area contributed by atoms with Gasteiger partial charge in [-0.2, -0.15) is 5.10 Å². The van der Waals surface area contributed by atoms with E-state index >= 15 is 0 Å². The zero-order chi connectivity index (χ0) is 15.8. The number of nitro groups is 1. The fourth-order valence-corrected chi connectivity index (χ4v) is 1.55. The summed E-state index contributed by atoms with van der Waals surface area (Å²) < 4.78 is 0. The Balaban J connectivity index is 2.59. The molecule has 0 aliphatic carbocycles. The third-order valence-corrected chi connectivity index (χ3v) is 2.73. The van der Waals surface area contributed by atoms with E-state index in [1.54, 1.807) is 13.8 Å². The summed E-state index contributed by atoms with van der Waals surface area (Å²) >= 11 is 0. The molecule has 0 aromatic heterocycles. The predicted molar refractivity (Wildman–Crippen MR) is 76.8 cm³/mol. The first-order chi connectivity index (χ1) is 9.99. The van der Waals surface area contributed by atoms with Crippen molar-refractivity contribution >= 4 is 23.7 Å². The van der Waals surface area contributed by atoms with E-state index in [0.29, 0.717) is 18.7 Å². The quantitative estimate of drug-likeness (QED) is 0.377. The van der Waals surface area contributed by atoms with E-state index in [2.05, 4.69) is 10.5 Å². The minimum atomic E-state index is -0.822.